The van der Waals surface area contributed by atoms with E-state index in [2.05, 4.69) is 14.9 Å². The van der Waals surface area contributed by atoms with Crippen LogP contribution in [0.5, 0.6) is 5.75 Å². The van der Waals surface area contributed by atoms with Gasteiger partial charge in [-0.3, -0.25) is 9.59 Å². The number of carbonyl (C=O) groups is 2. The van der Waals surface area contributed by atoms with Gasteiger partial charge in [-0.25, -0.2) is 8.42 Å². The predicted molar refractivity (Wildman–Crippen MR) is 131 cm³/mol. The van der Waals surface area contributed by atoms with Crippen molar-refractivity contribution in [1.29, 1.82) is 0 Å². The van der Waals surface area contributed by atoms with Gasteiger partial charge in [0.05, 0.1) is 22.6 Å². The predicted octanol–water partition coefficient (Wildman–Crippen LogP) is 2.43. The number of amides is 2. The molecule has 0 unspecified atom stereocenters. The van der Waals surface area contributed by atoms with Gasteiger partial charge >= 0.3 is 0 Å². The fourth-order valence-electron chi connectivity index (χ4n) is 3.41. The van der Waals surface area contributed by atoms with Crippen LogP contribution < -0.4 is 14.8 Å². The first-order valence-corrected chi connectivity index (χ1v) is 12.8. The Hall–Kier alpha value is -2.66. The van der Waals surface area contributed by atoms with Crippen molar-refractivity contribution in [2.75, 3.05) is 45.2 Å². The van der Waals surface area contributed by atoms with Crippen molar-refractivity contribution in [3.05, 3.63) is 53.1 Å². The second-order valence-electron chi connectivity index (χ2n) is 8.03. The summed E-state index contributed by atoms with van der Waals surface area (Å²) in [6.45, 7) is 6.63. The molecule has 1 heterocycles. The molecule has 0 spiro atoms. The summed E-state index contributed by atoms with van der Waals surface area (Å²) in [6, 6.07) is 9.58. The zero-order chi connectivity index (χ0) is 24.9. The lowest BCUT2D eigenvalue weighted by atomic mass is 10.1. The maximum atomic E-state index is 12.7. The highest BCUT2D eigenvalue weighted by Crippen LogP contribution is 2.27. The maximum absolute atomic E-state index is 12.7. The van der Waals surface area contributed by atoms with Crippen LogP contribution in [0.15, 0.2) is 47.4 Å². The van der Waals surface area contributed by atoms with E-state index < -0.39 is 22.0 Å². The van der Waals surface area contributed by atoms with E-state index in [1.165, 1.54) is 25.1 Å². The molecular formula is C23H29ClN4O5S. The van der Waals surface area contributed by atoms with Gasteiger partial charge in [-0.1, -0.05) is 11.6 Å². The minimum atomic E-state index is -3.99. The SMILES string of the molecule is CCOc1ccc(S(=O)(=O)N[C@@H](C)C(=O)Nc2ccc(C(=O)N3CCN(C)CC3)cc2)cc1Cl. The Balaban J connectivity index is 1.59. The molecule has 1 fully saturated rings. The van der Waals surface area contributed by atoms with E-state index in [0.717, 1.165) is 13.1 Å². The van der Waals surface area contributed by atoms with Gasteiger partial charge in [0.25, 0.3) is 5.91 Å². The highest BCUT2D eigenvalue weighted by atomic mass is 35.5. The monoisotopic (exact) mass is 508 g/mol. The van der Waals surface area contributed by atoms with Crippen molar-refractivity contribution < 1.29 is 22.7 Å². The summed E-state index contributed by atoms with van der Waals surface area (Å²) in [5.74, 6) is -0.219. The van der Waals surface area contributed by atoms with Crippen LogP contribution in [-0.4, -0.2) is 75.9 Å². The molecule has 2 aromatic rings. The standard InChI is InChI=1S/C23H29ClN4O5S/c1-4-33-21-10-9-19(15-20(21)24)34(31,32)26-16(2)22(29)25-18-7-5-17(6-8-18)23(30)28-13-11-27(3)12-14-28/h5-10,15-16,26H,4,11-14H2,1-3H3,(H,25,29)/t16-/m0/s1. The summed E-state index contributed by atoms with van der Waals surface area (Å²) in [7, 11) is -1.97. The molecule has 9 nitrogen and oxygen atoms in total. The van der Waals surface area contributed by atoms with E-state index in [0.29, 0.717) is 36.7 Å². The molecule has 3 rings (SSSR count). The maximum Gasteiger partial charge on any atom is 0.253 e. The minimum absolute atomic E-state index is 0.0545. The van der Waals surface area contributed by atoms with Gasteiger partial charge < -0.3 is 19.9 Å². The van der Waals surface area contributed by atoms with Crippen molar-refractivity contribution in [2.24, 2.45) is 0 Å². The third kappa shape index (κ3) is 6.47. The number of nitrogens with zero attached hydrogens (tertiary/aromatic N) is 2. The average Bonchev–Trinajstić information content (AvgIpc) is 2.80. The smallest absolute Gasteiger partial charge is 0.253 e. The van der Waals surface area contributed by atoms with E-state index in [9.17, 15) is 18.0 Å². The summed E-state index contributed by atoms with van der Waals surface area (Å²) in [6.07, 6.45) is 0. The van der Waals surface area contributed by atoms with E-state index in [4.69, 9.17) is 16.3 Å². The Labute approximate surface area is 205 Å². The molecule has 0 aliphatic carbocycles. The van der Waals surface area contributed by atoms with Crippen LogP contribution in [0, 0.1) is 0 Å². The largest absolute Gasteiger partial charge is 0.492 e. The van der Waals surface area contributed by atoms with Gasteiger partial charge in [0.1, 0.15) is 5.75 Å². The molecule has 0 radical (unpaired) electrons. The summed E-state index contributed by atoms with van der Waals surface area (Å²) in [5.41, 5.74) is 0.985. The molecule has 2 amide bonds. The Bertz CT molecular complexity index is 1130. The van der Waals surface area contributed by atoms with E-state index in [1.807, 2.05) is 7.05 Å². The number of sulfonamides is 1. The van der Waals surface area contributed by atoms with Crippen LogP contribution >= 0.6 is 11.6 Å². The van der Waals surface area contributed by atoms with E-state index in [-0.39, 0.29) is 15.8 Å². The molecule has 2 N–H and O–H groups in total. The zero-order valence-electron chi connectivity index (χ0n) is 19.4. The number of carbonyl (C=O) groups excluding carboxylic acids is 2. The first kappa shape index (κ1) is 26.0. The third-order valence-corrected chi connectivity index (χ3v) is 7.26. The number of rotatable bonds is 8. The van der Waals surface area contributed by atoms with Crippen molar-refractivity contribution in [3.63, 3.8) is 0 Å². The summed E-state index contributed by atoms with van der Waals surface area (Å²) in [5, 5.41) is 2.82. The molecule has 184 valence electrons. The highest BCUT2D eigenvalue weighted by Gasteiger charge is 2.24. The van der Waals surface area contributed by atoms with Crippen molar-refractivity contribution in [2.45, 2.75) is 24.8 Å². The van der Waals surface area contributed by atoms with Crippen LogP contribution in [-0.2, 0) is 14.8 Å². The van der Waals surface area contributed by atoms with E-state index in [1.54, 1.807) is 36.1 Å². The number of anilines is 1. The molecule has 0 aromatic heterocycles. The molecule has 34 heavy (non-hydrogen) atoms. The molecule has 1 saturated heterocycles. The van der Waals surface area contributed by atoms with Crippen LogP contribution in [0.1, 0.15) is 24.2 Å². The number of halogens is 1. The molecule has 0 bridgehead atoms. The van der Waals surface area contributed by atoms with Gasteiger partial charge in [0, 0.05) is 37.4 Å². The molecule has 2 aromatic carbocycles. The molecular weight excluding hydrogens is 480 g/mol. The van der Waals surface area contributed by atoms with Gasteiger partial charge in [-0.05, 0) is 63.4 Å². The summed E-state index contributed by atoms with van der Waals surface area (Å²) in [4.78, 5) is 29.1. The number of nitrogens with one attached hydrogen (secondary N) is 2. The van der Waals surface area contributed by atoms with Gasteiger partial charge in [0.2, 0.25) is 15.9 Å². The topological polar surface area (TPSA) is 108 Å². The van der Waals surface area contributed by atoms with Crippen LogP contribution in [0.4, 0.5) is 5.69 Å². The number of hydrogen-bond donors (Lipinski definition) is 2. The van der Waals surface area contributed by atoms with Crippen molar-refractivity contribution in [3.8, 4) is 5.75 Å². The Kier molecular flexibility index (Phi) is 8.53. The first-order valence-electron chi connectivity index (χ1n) is 10.9. The number of ether oxygens (including phenoxy) is 1. The Morgan fingerprint density at radius 1 is 1.09 bits per heavy atom. The van der Waals surface area contributed by atoms with Crippen LogP contribution in [0.2, 0.25) is 5.02 Å². The Morgan fingerprint density at radius 3 is 2.32 bits per heavy atom. The van der Waals surface area contributed by atoms with Gasteiger partial charge in [-0.15, -0.1) is 0 Å². The normalized spacial score (nSPS) is 15.6. The summed E-state index contributed by atoms with van der Waals surface area (Å²) >= 11 is 6.09. The molecule has 1 aliphatic rings. The van der Waals surface area contributed by atoms with Crippen LogP contribution in [0.3, 0.4) is 0 Å². The average molecular weight is 509 g/mol. The quantitative estimate of drug-likeness (QED) is 0.567. The Morgan fingerprint density at radius 2 is 1.74 bits per heavy atom. The lowest BCUT2D eigenvalue weighted by molar-refractivity contribution is -0.117. The van der Waals surface area contributed by atoms with Crippen LogP contribution in [0.25, 0.3) is 0 Å². The van der Waals surface area contributed by atoms with Gasteiger partial charge in [0.15, 0.2) is 0 Å². The fourth-order valence-corrected chi connectivity index (χ4v) is 4.94. The molecule has 0 saturated carbocycles. The molecule has 1 atom stereocenters. The molecule has 11 heteroatoms. The fraction of sp³-hybridized carbons (Fsp3) is 0.391. The third-order valence-electron chi connectivity index (χ3n) is 5.43. The summed E-state index contributed by atoms with van der Waals surface area (Å²) < 4.78 is 33.0. The van der Waals surface area contributed by atoms with Gasteiger partial charge in [-0.2, -0.15) is 4.72 Å². The molecule has 1 aliphatic heterocycles. The lowest BCUT2D eigenvalue weighted by Gasteiger charge is -2.32. The lowest BCUT2D eigenvalue weighted by Crippen LogP contribution is -2.47. The number of piperazine rings is 1. The number of likely N-dealkylation sites (N-methyl/N-ethyl adjacent to an activating group) is 1. The highest BCUT2D eigenvalue weighted by molar-refractivity contribution is 7.89. The minimum Gasteiger partial charge on any atom is -0.492 e. The van der Waals surface area contributed by atoms with Crippen molar-refractivity contribution in [1.82, 2.24) is 14.5 Å². The second-order valence-corrected chi connectivity index (χ2v) is 10.2. The number of hydrogen-bond acceptors (Lipinski definition) is 6. The van der Waals surface area contributed by atoms with E-state index >= 15 is 0 Å². The number of benzene rings is 2. The second kappa shape index (κ2) is 11.2. The van der Waals surface area contributed by atoms with Crippen molar-refractivity contribution >= 4 is 39.1 Å². The zero-order valence-corrected chi connectivity index (χ0v) is 20.9. The first-order chi connectivity index (χ1) is 16.1.